The fourth-order valence-corrected chi connectivity index (χ4v) is 8.52. The molecule has 3 aliphatic rings. The van der Waals surface area contributed by atoms with Crippen LogP contribution in [0.2, 0.25) is 5.02 Å². The molecule has 0 aromatic heterocycles. The van der Waals surface area contributed by atoms with E-state index in [2.05, 4.69) is 16.8 Å². The van der Waals surface area contributed by atoms with E-state index in [1.165, 1.54) is 0 Å². The molecule has 1 amide bonds. The lowest BCUT2D eigenvalue weighted by Gasteiger charge is -2.50. The van der Waals surface area contributed by atoms with Crippen molar-refractivity contribution < 1.29 is 13.2 Å². The maximum Gasteiger partial charge on any atom is 0.243 e. The number of hydrogen-bond acceptors (Lipinski definition) is 6. The molecular formula is C27H44ClN5O3S. The van der Waals surface area contributed by atoms with Gasteiger partial charge in [-0.3, -0.25) is 9.69 Å². The SMILES string of the molecule is Cc1cc(S(=O)(=O)N2CCCCC2CCC(=O)N2CCC(CN)(N3CCN(C)CC3)CC2)c(C)cc1Cl. The van der Waals surface area contributed by atoms with Gasteiger partial charge in [0.05, 0.1) is 4.90 Å². The summed E-state index contributed by atoms with van der Waals surface area (Å²) in [5.41, 5.74) is 7.69. The molecule has 1 aromatic carbocycles. The molecule has 8 nitrogen and oxygen atoms in total. The number of amides is 1. The van der Waals surface area contributed by atoms with Gasteiger partial charge in [-0.2, -0.15) is 4.31 Å². The highest BCUT2D eigenvalue weighted by molar-refractivity contribution is 7.89. The van der Waals surface area contributed by atoms with Crippen molar-refractivity contribution in [3.8, 4) is 0 Å². The van der Waals surface area contributed by atoms with Gasteiger partial charge in [-0.05, 0) is 76.3 Å². The van der Waals surface area contributed by atoms with E-state index in [1.807, 2.05) is 11.8 Å². The predicted octanol–water partition coefficient (Wildman–Crippen LogP) is 2.85. The average molecular weight is 554 g/mol. The Bertz CT molecular complexity index is 1070. The van der Waals surface area contributed by atoms with E-state index in [1.54, 1.807) is 23.4 Å². The van der Waals surface area contributed by atoms with Gasteiger partial charge in [0.2, 0.25) is 15.9 Å². The monoisotopic (exact) mass is 553 g/mol. The maximum atomic E-state index is 13.7. The zero-order valence-corrected chi connectivity index (χ0v) is 24.3. The molecular weight excluding hydrogens is 510 g/mol. The zero-order chi connectivity index (χ0) is 26.8. The number of piperazine rings is 1. The van der Waals surface area contributed by atoms with Crippen molar-refractivity contribution in [2.24, 2.45) is 5.73 Å². The van der Waals surface area contributed by atoms with Crippen LogP contribution in [0.5, 0.6) is 0 Å². The third-order valence-corrected chi connectivity index (χ3v) is 11.4. The number of aryl methyl sites for hydroxylation is 2. The van der Waals surface area contributed by atoms with Crippen LogP contribution in [0.25, 0.3) is 0 Å². The Morgan fingerprint density at radius 1 is 1.03 bits per heavy atom. The summed E-state index contributed by atoms with van der Waals surface area (Å²) < 4.78 is 29.0. The lowest BCUT2D eigenvalue weighted by molar-refractivity contribution is -0.134. The second kappa shape index (κ2) is 11.9. The smallest absolute Gasteiger partial charge is 0.243 e. The van der Waals surface area contributed by atoms with Gasteiger partial charge in [0.15, 0.2) is 0 Å². The first-order valence-electron chi connectivity index (χ1n) is 13.8. The molecule has 0 bridgehead atoms. The van der Waals surface area contributed by atoms with E-state index in [0.717, 1.165) is 76.9 Å². The molecule has 1 atom stereocenters. The Morgan fingerprint density at radius 3 is 2.35 bits per heavy atom. The lowest BCUT2D eigenvalue weighted by Crippen LogP contribution is -2.63. The number of carbonyl (C=O) groups excluding carboxylic acids is 1. The molecule has 37 heavy (non-hydrogen) atoms. The standard InChI is InChI=1S/C27H44ClN5O3S/c1-21-19-25(22(2)18-24(21)28)37(35,36)33-11-5-4-6-23(33)7-8-26(34)31-12-9-27(20-29,10-13-31)32-16-14-30(3)15-17-32/h18-19,23H,4-17,20,29H2,1-3H3. The van der Waals surface area contributed by atoms with Gasteiger partial charge in [-0.1, -0.05) is 18.0 Å². The zero-order valence-electron chi connectivity index (χ0n) is 22.7. The van der Waals surface area contributed by atoms with Gasteiger partial charge in [0.25, 0.3) is 0 Å². The average Bonchev–Trinajstić information content (AvgIpc) is 2.90. The summed E-state index contributed by atoms with van der Waals surface area (Å²) in [5, 5.41) is 0.574. The largest absolute Gasteiger partial charge is 0.343 e. The molecule has 208 valence electrons. The van der Waals surface area contributed by atoms with Gasteiger partial charge in [0, 0.05) is 75.4 Å². The van der Waals surface area contributed by atoms with Crippen LogP contribution < -0.4 is 5.73 Å². The number of halogens is 1. The molecule has 0 radical (unpaired) electrons. The first kappa shape index (κ1) is 28.8. The summed E-state index contributed by atoms with van der Waals surface area (Å²) in [5.74, 6) is 0.130. The molecule has 0 spiro atoms. The van der Waals surface area contributed by atoms with Gasteiger partial charge < -0.3 is 15.5 Å². The molecule has 3 aliphatic heterocycles. The molecule has 0 aliphatic carbocycles. The van der Waals surface area contributed by atoms with Crippen LogP contribution in [0.15, 0.2) is 17.0 Å². The van der Waals surface area contributed by atoms with Crippen LogP contribution >= 0.6 is 11.6 Å². The molecule has 3 fully saturated rings. The summed E-state index contributed by atoms with van der Waals surface area (Å²) in [6.45, 7) is 10.3. The summed E-state index contributed by atoms with van der Waals surface area (Å²) in [4.78, 5) is 20.4. The number of carbonyl (C=O) groups is 1. The third kappa shape index (κ3) is 6.17. The molecule has 4 rings (SSSR count). The molecule has 2 N–H and O–H groups in total. The maximum absolute atomic E-state index is 13.7. The van der Waals surface area contributed by atoms with Gasteiger partial charge in [0.1, 0.15) is 0 Å². The van der Waals surface area contributed by atoms with Crippen LogP contribution in [0.4, 0.5) is 0 Å². The van der Waals surface area contributed by atoms with Crippen molar-refractivity contribution in [2.75, 3.05) is 59.4 Å². The molecule has 1 aromatic rings. The minimum atomic E-state index is -3.66. The highest BCUT2D eigenvalue weighted by Crippen LogP contribution is 2.33. The molecule has 10 heteroatoms. The second-order valence-corrected chi connectivity index (χ2v) is 13.5. The van der Waals surface area contributed by atoms with E-state index < -0.39 is 10.0 Å². The Balaban J connectivity index is 1.37. The van der Waals surface area contributed by atoms with E-state index in [0.29, 0.717) is 41.4 Å². The van der Waals surface area contributed by atoms with E-state index in [9.17, 15) is 13.2 Å². The van der Waals surface area contributed by atoms with Crippen LogP contribution in [0, 0.1) is 13.8 Å². The number of sulfonamides is 1. The Hall–Kier alpha value is -1.23. The Kier molecular flexibility index (Phi) is 9.24. The van der Waals surface area contributed by atoms with Crippen molar-refractivity contribution in [3.63, 3.8) is 0 Å². The molecule has 1 unspecified atom stereocenters. The Morgan fingerprint density at radius 2 is 1.70 bits per heavy atom. The van der Waals surface area contributed by atoms with Crippen molar-refractivity contribution >= 4 is 27.5 Å². The highest BCUT2D eigenvalue weighted by Gasteiger charge is 2.41. The third-order valence-electron chi connectivity index (χ3n) is 8.91. The number of likely N-dealkylation sites (N-methyl/N-ethyl adjacent to an activating group) is 1. The van der Waals surface area contributed by atoms with Crippen LogP contribution in [-0.4, -0.2) is 104 Å². The molecule has 0 saturated carbocycles. The van der Waals surface area contributed by atoms with Gasteiger partial charge in [-0.15, -0.1) is 0 Å². The number of likely N-dealkylation sites (tertiary alicyclic amines) is 1. The summed E-state index contributed by atoms with van der Waals surface area (Å²) in [6, 6.07) is 3.25. The molecule has 3 saturated heterocycles. The van der Waals surface area contributed by atoms with Gasteiger partial charge in [-0.25, -0.2) is 8.42 Å². The van der Waals surface area contributed by atoms with Crippen LogP contribution in [0.3, 0.4) is 0 Å². The van der Waals surface area contributed by atoms with Crippen molar-refractivity contribution in [1.29, 1.82) is 0 Å². The van der Waals surface area contributed by atoms with Crippen LogP contribution in [0.1, 0.15) is 56.1 Å². The topological polar surface area (TPSA) is 90.2 Å². The minimum Gasteiger partial charge on any atom is -0.343 e. The number of rotatable bonds is 7. The fourth-order valence-electron chi connectivity index (χ4n) is 6.29. The van der Waals surface area contributed by atoms with Crippen molar-refractivity contribution in [3.05, 3.63) is 28.3 Å². The summed E-state index contributed by atoms with van der Waals surface area (Å²) in [6.07, 6.45) is 5.35. The molecule has 3 heterocycles. The second-order valence-electron chi connectivity index (χ2n) is 11.3. The summed E-state index contributed by atoms with van der Waals surface area (Å²) in [7, 11) is -1.51. The number of hydrogen-bond donors (Lipinski definition) is 1. The summed E-state index contributed by atoms with van der Waals surface area (Å²) >= 11 is 6.22. The van der Waals surface area contributed by atoms with E-state index >= 15 is 0 Å². The predicted molar refractivity (Wildman–Crippen MR) is 148 cm³/mol. The quantitative estimate of drug-likeness (QED) is 0.558. The Labute approximate surface area is 228 Å². The lowest BCUT2D eigenvalue weighted by atomic mass is 9.84. The first-order valence-corrected chi connectivity index (χ1v) is 15.6. The first-order chi connectivity index (χ1) is 17.6. The van der Waals surface area contributed by atoms with E-state index in [4.69, 9.17) is 17.3 Å². The number of nitrogens with zero attached hydrogens (tertiary/aromatic N) is 4. The number of nitrogens with two attached hydrogens (primary N) is 1. The van der Waals surface area contributed by atoms with Crippen LogP contribution in [-0.2, 0) is 14.8 Å². The minimum absolute atomic E-state index is 0.0130. The number of piperidine rings is 2. The van der Waals surface area contributed by atoms with Gasteiger partial charge >= 0.3 is 0 Å². The fraction of sp³-hybridized carbons (Fsp3) is 0.741. The normalized spacial score (nSPS) is 24.4. The van der Waals surface area contributed by atoms with Crippen molar-refractivity contribution in [2.45, 2.75) is 75.3 Å². The highest BCUT2D eigenvalue weighted by atomic mass is 35.5. The van der Waals surface area contributed by atoms with E-state index in [-0.39, 0.29) is 17.5 Å². The van der Waals surface area contributed by atoms with Crippen molar-refractivity contribution in [1.82, 2.24) is 19.0 Å². The number of benzene rings is 1.